The van der Waals surface area contributed by atoms with Crippen LogP contribution in [0.3, 0.4) is 0 Å². The lowest BCUT2D eigenvalue weighted by Crippen LogP contribution is -2.38. The summed E-state index contributed by atoms with van der Waals surface area (Å²) < 4.78 is 26.7. The van der Waals surface area contributed by atoms with E-state index in [1.807, 2.05) is 35.4 Å². The van der Waals surface area contributed by atoms with Crippen LogP contribution in [0.25, 0.3) is 22.2 Å². The molecule has 0 unspecified atom stereocenters. The van der Waals surface area contributed by atoms with Crippen molar-refractivity contribution in [3.8, 4) is 11.1 Å². The van der Waals surface area contributed by atoms with Gasteiger partial charge in [0.1, 0.15) is 5.15 Å². The van der Waals surface area contributed by atoms with Gasteiger partial charge < -0.3 is 0 Å². The lowest BCUT2D eigenvalue weighted by molar-refractivity contribution is 0.248. The number of fused-ring (bicyclic) bond motifs is 1. The zero-order chi connectivity index (χ0) is 19.0. The van der Waals surface area contributed by atoms with Gasteiger partial charge in [0, 0.05) is 43.2 Å². The van der Waals surface area contributed by atoms with Crippen LogP contribution in [0, 0.1) is 5.92 Å². The Morgan fingerprint density at radius 3 is 2.67 bits per heavy atom. The number of pyridine rings is 2. The molecule has 1 aliphatic rings. The van der Waals surface area contributed by atoms with Gasteiger partial charge in [-0.3, -0.25) is 9.67 Å². The van der Waals surface area contributed by atoms with Gasteiger partial charge in [0.25, 0.3) is 0 Å². The summed E-state index contributed by atoms with van der Waals surface area (Å²) in [5.74, 6) is 0.422. The van der Waals surface area contributed by atoms with Crippen LogP contribution >= 0.6 is 11.6 Å². The van der Waals surface area contributed by atoms with Gasteiger partial charge in [0.2, 0.25) is 10.0 Å². The fourth-order valence-electron chi connectivity index (χ4n) is 3.44. The van der Waals surface area contributed by atoms with Gasteiger partial charge in [0.05, 0.1) is 23.5 Å². The van der Waals surface area contributed by atoms with E-state index >= 15 is 0 Å². The molecule has 9 heteroatoms. The van der Waals surface area contributed by atoms with Gasteiger partial charge in [-0.25, -0.2) is 17.7 Å². The second-order valence-corrected chi connectivity index (χ2v) is 9.32. The molecule has 0 amide bonds. The fraction of sp³-hybridized carbons (Fsp3) is 0.389. The Hall–Kier alpha value is -2.03. The summed E-state index contributed by atoms with van der Waals surface area (Å²) in [6.45, 7) is 1.94. The first kappa shape index (κ1) is 18.3. The number of sulfonamides is 1. The van der Waals surface area contributed by atoms with Crippen molar-refractivity contribution in [2.75, 3.05) is 19.3 Å². The number of rotatable bonds is 4. The summed E-state index contributed by atoms with van der Waals surface area (Å²) in [4.78, 5) is 8.75. The van der Waals surface area contributed by atoms with Gasteiger partial charge in [-0.2, -0.15) is 5.10 Å². The van der Waals surface area contributed by atoms with Crippen LogP contribution in [0.4, 0.5) is 0 Å². The molecule has 0 aliphatic carbocycles. The van der Waals surface area contributed by atoms with Gasteiger partial charge in [-0.05, 0) is 37.0 Å². The minimum atomic E-state index is -3.09. The molecule has 0 spiro atoms. The van der Waals surface area contributed by atoms with Crippen LogP contribution in [-0.4, -0.2) is 51.8 Å². The second-order valence-electron chi connectivity index (χ2n) is 6.95. The van der Waals surface area contributed by atoms with Gasteiger partial charge in [-0.1, -0.05) is 11.6 Å². The van der Waals surface area contributed by atoms with E-state index in [1.54, 1.807) is 10.4 Å². The van der Waals surface area contributed by atoms with Gasteiger partial charge in [-0.15, -0.1) is 0 Å². The fourth-order valence-corrected chi connectivity index (χ4v) is 4.47. The molecule has 4 rings (SSSR count). The minimum Gasteiger partial charge on any atom is -0.272 e. The summed E-state index contributed by atoms with van der Waals surface area (Å²) in [5, 5.41) is 4.90. The molecule has 1 fully saturated rings. The highest BCUT2D eigenvalue weighted by Crippen LogP contribution is 2.24. The Morgan fingerprint density at radius 1 is 1.15 bits per heavy atom. The first-order valence-corrected chi connectivity index (χ1v) is 11.0. The summed E-state index contributed by atoms with van der Waals surface area (Å²) >= 11 is 5.97. The van der Waals surface area contributed by atoms with Crippen molar-refractivity contribution in [1.82, 2.24) is 24.1 Å². The molecule has 7 nitrogen and oxygen atoms in total. The first-order chi connectivity index (χ1) is 12.9. The molecule has 0 atom stereocenters. The van der Waals surface area contributed by atoms with E-state index in [0.717, 1.165) is 41.5 Å². The molecule has 3 aromatic rings. The Balaban J connectivity index is 1.46. The summed E-state index contributed by atoms with van der Waals surface area (Å²) in [5.41, 5.74) is 3.46. The number of hydrogen-bond acceptors (Lipinski definition) is 5. The van der Waals surface area contributed by atoms with Crippen LogP contribution < -0.4 is 0 Å². The Kier molecular flexibility index (Phi) is 4.88. The molecule has 0 aromatic carbocycles. The second kappa shape index (κ2) is 7.18. The van der Waals surface area contributed by atoms with Crippen molar-refractivity contribution in [2.24, 2.45) is 5.92 Å². The minimum absolute atomic E-state index is 0.422. The van der Waals surface area contributed by atoms with Crippen molar-refractivity contribution in [1.29, 1.82) is 0 Å². The third-order valence-electron chi connectivity index (χ3n) is 4.96. The standard InChI is InChI=1S/C18H20ClN5O2S/c1-27(25,26)24-6-4-13(5-7-24)11-23-12-15(10-21-23)14-8-17-16(20-9-14)2-3-18(19)22-17/h2-3,8-10,12-13H,4-7,11H2,1H3. The van der Waals surface area contributed by atoms with E-state index < -0.39 is 10.0 Å². The van der Waals surface area contributed by atoms with Gasteiger partial charge in [0.15, 0.2) is 0 Å². The van der Waals surface area contributed by atoms with Crippen LogP contribution in [0.5, 0.6) is 0 Å². The maximum atomic E-state index is 11.6. The SMILES string of the molecule is CS(=O)(=O)N1CCC(Cn2cc(-c3cnc4ccc(Cl)nc4c3)cn2)CC1. The molecule has 4 heterocycles. The van der Waals surface area contributed by atoms with Crippen molar-refractivity contribution in [3.05, 3.63) is 41.9 Å². The Labute approximate surface area is 163 Å². The van der Waals surface area contributed by atoms with Crippen molar-refractivity contribution in [3.63, 3.8) is 0 Å². The summed E-state index contributed by atoms with van der Waals surface area (Å²) in [6.07, 6.45) is 8.59. The molecule has 142 valence electrons. The highest BCUT2D eigenvalue weighted by Gasteiger charge is 2.25. The van der Waals surface area contributed by atoms with Crippen molar-refractivity contribution in [2.45, 2.75) is 19.4 Å². The largest absolute Gasteiger partial charge is 0.272 e. The highest BCUT2D eigenvalue weighted by molar-refractivity contribution is 7.88. The molecule has 0 radical (unpaired) electrons. The lowest BCUT2D eigenvalue weighted by atomic mass is 9.98. The summed E-state index contributed by atoms with van der Waals surface area (Å²) in [7, 11) is -3.09. The van der Waals surface area contributed by atoms with Gasteiger partial charge >= 0.3 is 0 Å². The smallest absolute Gasteiger partial charge is 0.211 e. The number of piperidine rings is 1. The van der Waals surface area contributed by atoms with E-state index in [0.29, 0.717) is 24.2 Å². The van der Waals surface area contributed by atoms with Crippen LogP contribution in [0.15, 0.2) is 36.8 Å². The molecule has 0 N–H and O–H groups in total. The van der Waals surface area contributed by atoms with E-state index in [2.05, 4.69) is 15.1 Å². The molecule has 1 saturated heterocycles. The third-order valence-corrected chi connectivity index (χ3v) is 6.47. The maximum absolute atomic E-state index is 11.6. The van der Waals surface area contributed by atoms with Crippen molar-refractivity contribution >= 4 is 32.7 Å². The van der Waals surface area contributed by atoms with E-state index in [1.165, 1.54) is 6.26 Å². The monoisotopic (exact) mass is 405 g/mol. The zero-order valence-electron chi connectivity index (χ0n) is 14.9. The van der Waals surface area contributed by atoms with E-state index in [-0.39, 0.29) is 0 Å². The van der Waals surface area contributed by atoms with E-state index in [9.17, 15) is 8.42 Å². The van der Waals surface area contributed by atoms with Crippen LogP contribution in [0.2, 0.25) is 5.15 Å². The Bertz CT molecular complexity index is 1070. The molecule has 3 aromatic heterocycles. The first-order valence-electron chi connectivity index (χ1n) is 8.79. The average Bonchev–Trinajstić information content (AvgIpc) is 3.09. The predicted molar refractivity (Wildman–Crippen MR) is 105 cm³/mol. The van der Waals surface area contributed by atoms with E-state index in [4.69, 9.17) is 11.6 Å². The average molecular weight is 406 g/mol. The quantitative estimate of drug-likeness (QED) is 0.623. The number of hydrogen-bond donors (Lipinski definition) is 0. The molecule has 0 saturated carbocycles. The Morgan fingerprint density at radius 2 is 1.93 bits per heavy atom. The molecular weight excluding hydrogens is 386 g/mol. The molecular formula is C18H20ClN5O2S. The number of halogens is 1. The number of aromatic nitrogens is 4. The predicted octanol–water partition coefficient (Wildman–Crippen LogP) is 2.82. The number of nitrogens with zero attached hydrogens (tertiary/aromatic N) is 5. The summed E-state index contributed by atoms with van der Waals surface area (Å²) in [6, 6.07) is 5.53. The maximum Gasteiger partial charge on any atom is 0.211 e. The lowest BCUT2D eigenvalue weighted by Gasteiger charge is -2.30. The van der Waals surface area contributed by atoms with Crippen LogP contribution in [0.1, 0.15) is 12.8 Å². The molecule has 1 aliphatic heterocycles. The zero-order valence-corrected chi connectivity index (χ0v) is 16.5. The molecule has 27 heavy (non-hydrogen) atoms. The third kappa shape index (κ3) is 4.12. The molecule has 0 bridgehead atoms. The van der Waals surface area contributed by atoms with Crippen LogP contribution in [-0.2, 0) is 16.6 Å². The highest BCUT2D eigenvalue weighted by atomic mass is 35.5. The topological polar surface area (TPSA) is 81.0 Å². The normalized spacial score (nSPS) is 16.8. The van der Waals surface area contributed by atoms with Crippen molar-refractivity contribution < 1.29 is 8.42 Å².